The molecule has 0 spiro atoms. The Kier molecular flexibility index (Phi) is 6.19. The number of nitrogens with one attached hydrogen (secondary N) is 1. The molecule has 1 aliphatic carbocycles. The predicted octanol–water partition coefficient (Wildman–Crippen LogP) is 5.29. The summed E-state index contributed by atoms with van der Waals surface area (Å²) in [6.07, 6.45) is 7.98. The molecule has 2 heterocycles. The van der Waals surface area contributed by atoms with Gasteiger partial charge in [0.1, 0.15) is 28.7 Å². The van der Waals surface area contributed by atoms with Crippen molar-refractivity contribution in [2.24, 2.45) is 5.73 Å². The number of anilines is 1. The SMILES string of the molecule is CC1(C)c2nc(-c3ccc(F)cc3)c(NC3CCC(c4ccccc4)CC3)n2C=CN1C(=O)CN. The third-order valence-corrected chi connectivity index (χ3v) is 7.33. The van der Waals surface area contributed by atoms with Gasteiger partial charge in [-0.25, -0.2) is 9.37 Å². The van der Waals surface area contributed by atoms with Gasteiger partial charge >= 0.3 is 0 Å². The van der Waals surface area contributed by atoms with Crippen LogP contribution in [0.2, 0.25) is 0 Å². The van der Waals surface area contributed by atoms with Crippen molar-refractivity contribution in [2.75, 3.05) is 11.9 Å². The molecule has 3 N–H and O–H groups in total. The highest BCUT2D eigenvalue weighted by atomic mass is 19.1. The maximum absolute atomic E-state index is 13.7. The Morgan fingerprint density at radius 1 is 1.06 bits per heavy atom. The highest BCUT2D eigenvalue weighted by Gasteiger charge is 2.39. The summed E-state index contributed by atoms with van der Waals surface area (Å²) in [6.45, 7) is 3.85. The highest BCUT2D eigenvalue weighted by Crippen LogP contribution is 2.40. The summed E-state index contributed by atoms with van der Waals surface area (Å²) in [4.78, 5) is 19.1. The number of halogens is 1. The van der Waals surface area contributed by atoms with Gasteiger partial charge in [0.15, 0.2) is 0 Å². The molecule has 0 saturated heterocycles. The van der Waals surface area contributed by atoms with Crippen molar-refractivity contribution in [1.82, 2.24) is 14.5 Å². The van der Waals surface area contributed by atoms with Crippen molar-refractivity contribution in [3.8, 4) is 11.3 Å². The van der Waals surface area contributed by atoms with E-state index < -0.39 is 5.54 Å². The zero-order valence-electron chi connectivity index (χ0n) is 20.2. The Bertz CT molecular complexity index is 1220. The monoisotopic (exact) mass is 473 g/mol. The second kappa shape index (κ2) is 9.30. The molecule has 1 aliphatic heterocycles. The average molecular weight is 474 g/mol. The summed E-state index contributed by atoms with van der Waals surface area (Å²) in [5.41, 5.74) is 7.97. The zero-order chi connectivity index (χ0) is 24.6. The van der Waals surface area contributed by atoms with E-state index in [0.717, 1.165) is 48.6 Å². The molecule has 182 valence electrons. The van der Waals surface area contributed by atoms with Crippen molar-refractivity contribution in [3.63, 3.8) is 0 Å². The van der Waals surface area contributed by atoms with E-state index in [0.29, 0.717) is 12.0 Å². The fourth-order valence-corrected chi connectivity index (χ4v) is 5.37. The lowest BCUT2D eigenvalue weighted by Crippen LogP contribution is -2.47. The second-order valence-corrected chi connectivity index (χ2v) is 9.94. The maximum Gasteiger partial charge on any atom is 0.241 e. The Morgan fingerprint density at radius 3 is 2.40 bits per heavy atom. The van der Waals surface area contributed by atoms with Gasteiger partial charge in [0.2, 0.25) is 5.91 Å². The largest absolute Gasteiger partial charge is 0.367 e. The highest BCUT2D eigenvalue weighted by molar-refractivity contribution is 5.82. The molecular weight excluding hydrogens is 441 g/mol. The number of amides is 1. The Labute approximate surface area is 205 Å². The number of rotatable bonds is 5. The van der Waals surface area contributed by atoms with Crippen molar-refractivity contribution in [1.29, 1.82) is 0 Å². The number of hydrogen-bond acceptors (Lipinski definition) is 4. The van der Waals surface area contributed by atoms with Crippen LogP contribution < -0.4 is 11.1 Å². The number of hydrogen-bond donors (Lipinski definition) is 2. The molecule has 6 nitrogen and oxygen atoms in total. The number of nitrogens with zero attached hydrogens (tertiary/aromatic N) is 3. The van der Waals surface area contributed by atoms with E-state index in [1.807, 2.05) is 24.6 Å². The first-order valence-electron chi connectivity index (χ1n) is 12.3. The first kappa shape index (κ1) is 23.3. The van der Waals surface area contributed by atoms with E-state index in [9.17, 15) is 9.18 Å². The minimum atomic E-state index is -0.690. The third-order valence-electron chi connectivity index (χ3n) is 7.33. The lowest BCUT2D eigenvalue weighted by Gasteiger charge is -2.38. The second-order valence-electron chi connectivity index (χ2n) is 9.94. The van der Waals surface area contributed by atoms with Gasteiger partial charge in [0.05, 0.1) is 6.54 Å². The summed E-state index contributed by atoms with van der Waals surface area (Å²) < 4.78 is 15.7. The van der Waals surface area contributed by atoms with Gasteiger partial charge in [0.25, 0.3) is 0 Å². The van der Waals surface area contributed by atoms with Gasteiger partial charge in [-0.15, -0.1) is 0 Å². The molecule has 7 heteroatoms. The fourth-order valence-electron chi connectivity index (χ4n) is 5.37. The van der Waals surface area contributed by atoms with Crippen LogP contribution in [0.3, 0.4) is 0 Å². The summed E-state index contributed by atoms with van der Waals surface area (Å²) in [6, 6.07) is 17.4. The summed E-state index contributed by atoms with van der Waals surface area (Å²) in [5.74, 6) is 1.74. The fraction of sp³-hybridized carbons (Fsp3) is 0.357. The van der Waals surface area contributed by atoms with Crippen LogP contribution in [0, 0.1) is 5.82 Å². The first-order chi connectivity index (χ1) is 16.9. The molecule has 0 unspecified atom stereocenters. The van der Waals surface area contributed by atoms with Gasteiger partial charge < -0.3 is 16.0 Å². The van der Waals surface area contributed by atoms with Crippen LogP contribution in [0.15, 0.2) is 60.8 Å². The number of benzene rings is 2. The van der Waals surface area contributed by atoms with Crippen LogP contribution in [0.4, 0.5) is 10.2 Å². The Hall–Kier alpha value is -3.45. The van der Waals surface area contributed by atoms with Crippen molar-refractivity contribution >= 4 is 17.9 Å². The number of imidazole rings is 1. The Balaban J connectivity index is 1.47. The van der Waals surface area contributed by atoms with E-state index in [1.54, 1.807) is 23.2 Å². The predicted molar refractivity (Wildman–Crippen MR) is 137 cm³/mol. The number of carbonyl (C=O) groups is 1. The molecular formula is C28H32FN5O. The van der Waals surface area contributed by atoms with Gasteiger partial charge in [0, 0.05) is 24.0 Å². The molecule has 1 fully saturated rings. The summed E-state index contributed by atoms with van der Waals surface area (Å²) in [7, 11) is 0. The molecule has 2 aliphatic rings. The molecule has 0 radical (unpaired) electrons. The molecule has 5 rings (SSSR count). The van der Waals surface area contributed by atoms with Gasteiger partial charge in [-0.3, -0.25) is 9.36 Å². The minimum absolute atomic E-state index is 0.0743. The number of fused-ring (bicyclic) bond motifs is 1. The number of aromatic nitrogens is 2. The summed E-state index contributed by atoms with van der Waals surface area (Å²) in [5, 5.41) is 3.77. The lowest BCUT2D eigenvalue weighted by atomic mass is 9.82. The van der Waals surface area contributed by atoms with Crippen LogP contribution in [-0.2, 0) is 10.3 Å². The van der Waals surface area contributed by atoms with Crippen molar-refractivity contribution < 1.29 is 9.18 Å². The van der Waals surface area contributed by atoms with Crippen molar-refractivity contribution in [3.05, 3.63) is 78.0 Å². The van der Waals surface area contributed by atoms with Crippen LogP contribution in [0.5, 0.6) is 0 Å². The zero-order valence-corrected chi connectivity index (χ0v) is 20.2. The van der Waals surface area contributed by atoms with Gasteiger partial charge in [-0.1, -0.05) is 30.3 Å². The van der Waals surface area contributed by atoms with E-state index in [-0.39, 0.29) is 18.3 Å². The van der Waals surface area contributed by atoms with Crippen LogP contribution in [-0.4, -0.2) is 32.9 Å². The smallest absolute Gasteiger partial charge is 0.241 e. The van der Waals surface area contributed by atoms with E-state index in [1.165, 1.54) is 17.7 Å². The first-order valence-corrected chi connectivity index (χ1v) is 12.3. The minimum Gasteiger partial charge on any atom is -0.367 e. The molecule has 0 atom stereocenters. The summed E-state index contributed by atoms with van der Waals surface area (Å²) >= 11 is 0. The van der Waals surface area contributed by atoms with Gasteiger partial charge in [-0.05, 0) is 75.3 Å². The number of nitrogens with two attached hydrogens (primary N) is 1. The van der Waals surface area contributed by atoms with Crippen molar-refractivity contribution in [2.45, 2.75) is 57.0 Å². The molecule has 1 saturated carbocycles. The maximum atomic E-state index is 13.7. The molecule has 2 aromatic carbocycles. The van der Waals surface area contributed by atoms with E-state index >= 15 is 0 Å². The van der Waals surface area contributed by atoms with Crippen LogP contribution >= 0.6 is 0 Å². The Morgan fingerprint density at radius 2 is 1.74 bits per heavy atom. The quantitative estimate of drug-likeness (QED) is 0.528. The van der Waals surface area contributed by atoms with Gasteiger partial charge in [-0.2, -0.15) is 0 Å². The standard InChI is InChI=1S/C28H32FN5O/c1-28(2)27-32-25(21-8-12-22(29)13-9-21)26(33(27)16-17-34(28)24(35)18-30)31-23-14-10-20(11-15-23)19-6-4-3-5-7-19/h3-9,12-13,16-17,20,23,31H,10-11,14-15,18,30H2,1-2H3. The van der Waals surface area contributed by atoms with E-state index in [2.05, 4.69) is 35.6 Å². The molecule has 1 amide bonds. The average Bonchev–Trinajstić information content (AvgIpc) is 3.24. The van der Waals surface area contributed by atoms with Crippen LogP contribution in [0.1, 0.15) is 56.8 Å². The molecule has 1 aromatic heterocycles. The number of carbonyl (C=O) groups excluding carboxylic acids is 1. The molecule has 35 heavy (non-hydrogen) atoms. The van der Waals surface area contributed by atoms with E-state index in [4.69, 9.17) is 10.7 Å². The molecule has 0 bridgehead atoms. The molecule has 3 aromatic rings. The van der Waals surface area contributed by atoms with Crippen LogP contribution in [0.25, 0.3) is 17.5 Å². The third kappa shape index (κ3) is 4.36. The topological polar surface area (TPSA) is 76.2 Å². The normalized spacial score (nSPS) is 21.0. The lowest BCUT2D eigenvalue weighted by molar-refractivity contribution is -0.132.